The lowest BCUT2D eigenvalue weighted by atomic mass is 10.1. The molecule has 0 atom stereocenters. The molecule has 0 unspecified atom stereocenters. The molecule has 7 heteroatoms. The van der Waals surface area contributed by atoms with Gasteiger partial charge >= 0.3 is 5.97 Å². The average Bonchev–Trinajstić information content (AvgIpc) is 3.10. The summed E-state index contributed by atoms with van der Waals surface area (Å²) in [5, 5.41) is 9.99. The first kappa shape index (κ1) is 20.1. The van der Waals surface area contributed by atoms with Gasteiger partial charge in [-0.1, -0.05) is 15.9 Å². The molecule has 152 valence electrons. The highest BCUT2D eigenvalue weighted by atomic mass is 79.9. The molecule has 0 amide bonds. The van der Waals surface area contributed by atoms with Gasteiger partial charge in [0.2, 0.25) is 0 Å². The molecule has 0 aliphatic carbocycles. The third-order valence-corrected chi connectivity index (χ3v) is 5.27. The molecular weight excluding hydrogens is 456 g/mol. The minimum atomic E-state index is -0.972. The summed E-state index contributed by atoms with van der Waals surface area (Å²) in [4.78, 5) is 11.2. The van der Waals surface area contributed by atoms with Gasteiger partial charge in [0.05, 0.1) is 12.1 Å². The maximum absolute atomic E-state index is 13.9. The summed E-state index contributed by atoms with van der Waals surface area (Å²) in [7, 11) is 0. The molecule has 1 heterocycles. The molecule has 0 radical (unpaired) electrons. The number of halogens is 3. The summed E-state index contributed by atoms with van der Waals surface area (Å²) >= 11 is 3.46. The van der Waals surface area contributed by atoms with Crippen LogP contribution in [0, 0.1) is 11.6 Å². The Morgan fingerprint density at radius 1 is 1.00 bits per heavy atom. The summed E-state index contributed by atoms with van der Waals surface area (Å²) in [5.41, 5.74) is 2.23. The maximum atomic E-state index is 13.9. The van der Waals surface area contributed by atoms with E-state index in [2.05, 4.69) is 15.9 Å². The van der Waals surface area contributed by atoms with Crippen LogP contribution in [0.25, 0.3) is 10.9 Å². The third-order valence-electron chi connectivity index (χ3n) is 4.78. The van der Waals surface area contributed by atoms with E-state index in [-0.39, 0.29) is 17.7 Å². The highest BCUT2D eigenvalue weighted by molar-refractivity contribution is 9.10. The number of ether oxygens (including phenoxy) is 1. The molecule has 1 aromatic heterocycles. The van der Waals surface area contributed by atoms with E-state index in [1.165, 1.54) is 12.1 Å². The van der Waals surface area contributed by atoms with Crippen LogP contribution in [0.5, 0.6) is 5.75 Å². The van der Waals surface area contributed by atoms with E-state index in [0.717, 1.165) is 27.0 Å². The molecule has 0 spiro atoms. The van der Waals surface area contributed by atoms with E-state index >= 15 is 0 Å². The summed E-state index contributed by atoms with van der Waals surface area (Å²) in [6.07, 6.45) is 1.88. The van der Waals surface area contributed by atoms with Crippen molar-refractivity contribution in [1.82, 2.24) is 4.57 Å². The van der Waals surface area contributed by atoms with Gasteiger partial charge in [-0.25, -0.2) is 13.6 Å². The fourth-order valence-electron chi connectivity index (χ4n) is 3.26. The molecule has 3 aromatic carbocycles. The van der Waals surface area contributed by atoms with Crippen LogP contribution in [-0.4, -0.2) is 15.6 Å². The fraction of sp³-hybridized carbons (Fsp3) is 0.0870. The highest BCUT2D eigenvalue weighted by Gasteiger charge is 2.11. The number of nitrogens with zero attached hydrogens (tertiary/aromatic N) is 1. The van der Waals surface area contributed by atoms with Crippen LogP contribution >= 0.6 is 15.9 Å². The number of carboxylic acid groups (broad SMARTS) is 1. The lowest BCUT2D eigenvalue weighted by Crippen LogP contribution is -2.04. The van der Waals surface area contributed by atoms with Crippen LogP contribution in [-0.2, 0) is 13.2 Å². The van der Waals surface area contributed by atoms with Crippen LogP contribution in [0.3, 0.4) is 0 Å². The van der Waals surface area contributed by atoms with Gasteiger partial charge < -0.3 is 14.4 Å². The van der Waals surface area contributed by atoms with Crippen molar-refractivity contribution in [2.75, 3.05) is 0 Å². The summed E-state index contributed by atoms with van der Waals surface area (Å²) < 4.78 is 35.7. The molecule has 1 N–H and O–H groups in total. The van der Waals surface area contributed by atoms with Gasteiger partial charge in [-0.15, -0.1) is 0 Å². The smallest absolute Gasteiger partial charge is 0.335 e. The fourth-order valence-corrected chi connectivity index (χ4v) is 3.67. The molecule has 0 fully saturated rings. The topological polar surface area (TPSA) is 51.5 Å². The number of carbonyl (C=O) groups is 1. The molecule has 0 bridgehead atoms. The Morgan fingerprint density at radius 3 is 2.60 bits per heavy atom. The summed E-state index contributed by atoms with van der Waals surface area (Å²) in [6, 6.07) is 15.7. The van der Waals surface area contributed by atoms with E-state index in [1.807, 2.05) is 29.0 Å². The van der Waals surface area contributed by atoms with Crippen LogP contribution in [0.4, 0.5) is 8.78 Å². The molecule has 4 rings (SSSR count). The van der Waals surface area contributed by atoms with Gasteiger partial charge in [-0.05, 0) is 54.6 Å². The molecule has 4 nitrogen and oxygen atoms in total. The van der Waals surface area contributed by atoms with Crippen molar-refractivity contribution >= 4 is 32.8 Å². The number of hydrogen-bond donors (Lipinski definition) is 1. The van der Waals surface area contributed by atoms with Gasteiger partial charge in [0.1, 0.15) is 24.0 Å². The van der Waals surface area contributed by atoms with E-state index < -0.39 is 17.6 Å². The molecular formula is C23H16BrF2NO3. The Hall–Kier alpha value is -3.19. The predicted octanol–water partition coefficient (Wildman–Crippen LogP) is 6.01. The third kappa shape index (κ3) is 4.21. The van der Waals surface area contributed by atoms with Gasteiger partial charge in [0, 0.05) is 38.8 Å². The number of benzene rings is 3. The molecule has 0 saturated carbocycles. The zero-order valence-electron chi connectivity index (χ0n) is 15.6. The van der Waals surface area contributed by atoms with E-state index in [0.29, 0.717) is 12.3 Å². The van der Waals surface area contributed by atoms with Crippen LogP contribution in [0.1, 0.15) is 21.5 Å². The zero-order valence-corrected chi connectivity index (χ0v) is 17.2. The first-order chi connectivity index (χ1) is 14.4. The number of rotatable bonds is 6. The second kappa shape index (κ2) is 8.28. The van der Waals surface area contributed by atoms with Crippen LogP contribution < -0.4 is 4.74 Å². The van der Waals surface area contributed by atoms with Gasteiger partial charge in [0.15, 0.2) is 0 Å². The Labute approximate surface area is 179 Å². The summed E-state index contributed by atoms with van der Waals surface area (Å²) in [6.45, 7) is 0.436. The normalized spacial score (nSPS) is 11.0. The molecule has 0 saturated heterocycles. The second-order valence-corrected chi connectivity index (χ2v) is 7.71. The largest absolute Gasteiger partial charge is 0.488 e. The van der Waals surface area contributed by atoms with Crippen molar-refractivity contribution in [1.29, 1.82) is 0 Å². The first-order valence-electron chi connectivity index (χ1n) is 9.08. The van der Waals surface area contributed by atoms with Crippen molar-refractivity contribution in [3.63, 3.8) is 0 Å². The minimum absolute atomic E-state index is 0.0326. The monoisotopic (exact) mass is 471 g/mol. The summed E-state index contributed by atoms with van der Waals surface area (Å²) in [5.74, 6) is -1.68. The number of hydrogen-bond acceptors (Lipinski definition) is 2. The maximum Gasteiger partial charge on any atom is 0.335 e. The van der Waals surface area contributed by atoms with Crippen molar-refractivity contribution in [2.24, 2.45) is 0 Å². The number of aromatic carboxylic acids is 1. The first-order valence-corrected chi connectivity index (χ1v) is 9.87. The van der Waals surface area contributed by atoms with Crippen molar-refractivity contribution in [3.05, 3.63) is 99.7 Å². The van der Waals surface area contributed by atoms with Crippen molar-refractivity contribution in [3.8, 4) is 5.75 Å². The standard InChI is InChI=1S/C23H16BrF2NO3/c24-18-3-6-22(30-13-16-1-4-19(25)11-20(16)26)17(10-18)12-27-8-7-14-9-15(23(28)29)2-5-21(14)27/h1-11H,12-13H2,(H,28,29). The van der Waals surface area contributed by atoms with Crippen LogP contribution in [0.15, 0.2) is 71.3 Å². The van der Waals surface area contributed by atoms with Crippen molar-refractivity contribution in [2.45, 2.75) is 13.2 Å². The number of fused-ring (bicyclic) bond motifs is 1. The molecule has 30 heavy (non-hydrogen) atoms. The van der Waals surface area contributed by atoms with E-state index in [1.54, 1.807) is 24.3 Å². The van der Waals surface area contributed by atoms with Crippen molar-refractivity contribution < 1.29 is 23.4 Å². The van der Waals surface area contributed by atoms with Crippen LogP contribution in [0.2, 0.25) is 0 Å². The van der Waals surface area contributed by atoms with E-state index in [4.69, 9.17) is 9.84 Å². The Balaban J connectivity index is 1.61. The average molecular weight is 472 g/mol. The highest BCUT2D eigenvalue weighted by Crippen LogP contribution is 2.27. The molecule has 0 aliphatic heterocycles. The van der Waals surface area contributed by atoms with Gasteiger partial charge in [0.25, 0.3) is 0 Å². The predicted molar refractivity (Wildman–Crippen MR) is 113 cm³/mol. The lowest BCUT2D eigenvalue weighted by Gasteiger charge is -2.14. The minimum Gasteiger partial charge on any atom is -0.488 e. The molecule has 0 aliphatic rings. The zero-order chi connectivity index (χ0) is 21.3. The van der Waals surface area contributed by atoms with Gasteiger partial charge in [-0.2, -0.15) is 0 Å². The number of carboxylic acids is 1. The second-order valence-electron chi connectivity index (χ2n) is 6.80. The SMILES string of the molecule is O=C(O)c1ccc2c(ccn2Cc2cc(Br)ccc2OCc2ccc(F)cc2F)c1. The van der Waals surface area contributed by atoms with Gasteiger partial charge in [-0.3, -0.25) is 0 Å². The Morgan fingerprint density at radius 2 is 1.83 bits per heavy atom. The Kier molecular flexibility index (Phi) is 5.55. The molecule has 4 aromatic rings. The quantitative estimate of drug-likeness (QED) is 0.374. The Bertz CT molecular complexity index is 1250. The lowest BCUT2D eigenvalue weighted by molar-refractivity contribution is 0.0697. The number of aromatic nitrogens is 1. The van der Waals surface area contributed by atoms with E-state index in [9.17, 15) is 13.6 Å².